The molecule has 0 bridgehead atoms. The van der Waals surface area contributed by atoms with Crippen LogP contribution in [0.1, 0.15) is 18.4 Å². The van der Waals surface area contributed by atoms with Gasteiger partial charge >= 0.3 is 0 Å². The van der Waals surface area contributed by atoms with Crippen LogP contribution in [0, 0.1) is 6.92 Å². The van der Waals surface area contributed by atoms with Gasteiger partial charge in [-0.2, -0.15) is 0 Å². The lowest BCUT2D eigenvalue weighted by Gasteiger charge is -2.36. The number of aromatic nitrogens is 5. The van der Waals surface area contributed by atoms with Crippen LogP contribution in [0.5, 0.6) is 0 Å². The number of piperazine rings is 1. The molecule has 8 heteroatoms. The first kappa shape index (κ1) is 18.1. The van der Waals surface area contributed by atoms with E-state index in [0.717, 1.165) is 61.3 Å². The summed E-state index contributed by atoms with van der Waals surface area (Å²) in [5.74, 6) is 3.25. The maximum Gasteiger partial charge on any atom is 0.251 e. The highest BCUT2D eigenvalue weighted by Crippen LogP contribution is 2.20. The maximum absolute atomic E-state index is 11.8. The number of hydrogen-bond donors (Lipinski definition) is 1. The fourth-order valence-corrected chi connectivity index (χ4v) is 3.32. The Bertz CT molecular complexity index is 1010. The summed E-state index contributed by atoms with van der Waals surface area (Å²) in [4.78, 5) is 36.9. The molecule has 0 saturated carbocycles. The van der Waals surface area contributed by atoms with Gasteiger partial charge in [0.1, 0.15) is 23.3 Å². The zero-order valence-electron chi connectivity index (χ0n) is 16.1. The van der Waals surface area contributed by atoms with Crippen molar-refractivity contribution in [1.82, 2.24) is 24.9 Å². The summed E-state index contributed by atoms with van der Waals surface area (Å²) in [6.45, 7) is 7.39. The van der Waals surface area contributed by atoms with Crippen molar-refractivity contribution < 1.29 is 0 Å². The predicted octanol–water partition coefficient (Wildman–Crippen LogP) is 1.82. The third-order valence-corrected chi connectivity index (χ3v) is 4.87. The molecule has 1 aliphatic rings. The smallest absolute Gasteiger partial charge is 0.251 e. The molecule has 1 aliphatic heterocycles. The van der Waals surface area contributed by atoms with Gasteiger partial charge in [-0.1, -0.05) is 6.92 Å². The first-order valence-electron chi connectivity index (χ1n) is 9.48. The van der Waals surface area contributed by atoms with Gasteiger partial charge in [0.25, 0.3) is 5.56 Å². The molecule has 3 aromatic heterocycles. The minimum Gasteiger partial charge on any atom is -0.353 e. The summed E-state index contributed by atoms with van der Waals surface area (Å²) in [6, 6.07) is 7.43. The third-order valence-electron chi connectivity index (χ3n) is 4.87. The van der Waals surface area contributed by atoms with Crippen LogP contribution in [0.25, 0.3) is 11.4 Å². The first-order valence-corrected chi connectivity index (χ1v) is 9.48. The van der Waals surface area contributed by atoms with Crippen molar-refractivity contribution in [3.63, 3.8) is 0 Å². The van der Waals surface area contributed by atoms with E-state index >= 15 is 0 Å². The fourth-order valence-electron chi connectivity index (χ4n) is 3.32. The summed E-state index contributed by atoms with van der Waals surface area (Å²) in [5.41, 5.74) is 1.45. The van der Waals surface area contributed by atoms with Crippen molar-refractivity contribution in [3.05, 3.63) is 58.5 Å². The van der Waals surface area contributed by atoms with E-state index in [1.807, 2.05) is 32.0 Å². The van der Waals surface area contributed by atoms with Crippen LogP contribution in [0.15, 0.2) is 41.5 Å². The van der Waals surface area contributed by atoms with E-state index in [1.54, 1.807) is 12.4 Å². The summed E-state index contributed by atoms with van der Waals surface area (Å²) in [5, 5.41) is 0. The Morgan fingerprint density at radius 3 is 2.39 bits per heavy atom. The lowest BCUT2D eigenvalue weighted by molar-refractivity contribution is 0.640. The van der Waals surface area contributed by atoms with Crippen molar-refractivity contribution in [1.29, 1.82) is 0 Å². The van der Waals surface area contributed by atoms with Crippen LogP contribution >= 0.6 is 0 Å². The monoisotopic (exact) mass is 377 g/mol. The lowest BCUT2D eigenvalue weighted by atomic mass is 10.2. The van der Waals surface area contributed by atoms with Gasteiger partial charge in [0.05, 0.1) is 0 Å². The molecule has 3 aromatic rings. The van der Waals surface area contributed by atoms with Gasteiger partial charge in [0, 0.05) is 55.9 Å². The van der Waals surface area contributed by atoms with Crippen LogP contribution in [-0.4, -0.2) is 51.1 Å². The molecule has 4 heterocycles. The quantitative estimate of drug-likeness (QED) is 0.741. The minimum atomic E-state index is -0.137. The molecule has 8 nitrogen and oxygen atoms in total. The Kier molecular flexibility index (Phi) is 5.01. The van der Waals surface area contributed by atoms with E-state index in [1.165, 1.54) is 6.07 Å². The van der Waals surface area contributed by atoms with E-state index in [0.29, 0.717) is 5.82 Å². The van der Waals surface area contributed by atoms with E-state index in [2.05, 4.69) is 34.7 Å². The molecule has 0 atom stereocenters. The van der Waals surface area contributed by atoms with E-state index in [4.69, 9.17) is 0 Å². The normalized spacial score (nSPS) is 14.4. The second-order valence-corrected chi connectivity index (χ2v) is 6.78. The highest BCUT2D eigenvalue weighted by atomic mass is 16.1. The Balaban J connectivity index is 1.45. The molecule has 0 spiro atoms. The number of aryl methyl sites for hydroxylation is 2. The lowest BCUT2D eigenvalue weighted by Crippen LogP contribution is -2.47. The Morgan fingerprint density at radius 1 is 1.00 bits per heavy atom. The zero-order chi connectivity index (χ0) is 19.5. The van der Waals surface area contributed by atoms with Crippen LogP contribution < -0.4 is 15.4 Å². The zero-order valence-corrected chi connectivity index (χ0v) is 16.1. The molecule has 0 unspecified atom stereocenters. The van der Waals surface area contributed by atoms with Gasteiger partial charge in [-0.05, 0) is 31.5 Å². The van der Waals surface area contributed by atoms with Gasteiger partial charge in [-0.3, -0.25) is 4.79 Å². The maximum atomic E-state index is 11.8. The Labute approximate surface area is 163 Å². The molecule has 1 N–H and O–H groups in total. The molecular formula is C20H23N7O. The van der Waals surface area contributed by atoms with Crippen molar-refractivity contribution in [2.24, 2.45) is 0 Å². The highest BCUT2D eigenvalue weighted by molar-refractivity contribution is 5.56. The molecule has 4 rings (SSSR count). The van der Waals surface area contributed by atoms with Gasteiger partial charge in [0.2, 0.25) is 0 Å². The molecule has 1 saturated heterocycles. The SMILES string of the molecule is CCc1cc(=O)[nH]c(-c2ccc(N3CCN(c4ccnc(C)n4)CC3)nc2)n1. The van der Waals surface area contributed by atoms with E-state index in [-0.39, 0.29) is 5.56 Å². The Hall–Kier alpha value is -3.29. The molecule has 0 aliphatic carbocycles. The molecule has 0 amide bonds. The number of anilines is 2. The van der Waals surface area contributed by atoms with Crippen molar-refractivity contribution in [3.8, 4) is 11.4 Å². The number of pyridine rings is 1. The van der Waals surface area contributed by atoms with Gasteiger partial charge in [-0.15, -0.1) is 0 Å². The van der Waals surface area contributed by atoms with Crippen LogP contribution in [0.2, 0.25) is 0 Å². The molecule has 0 aromatic carbocycles. The predicted molar refractivity (Wildman–Crippen MR) is 109 cm³/mol. The number of H-pyrrole nitrogens is 1. The summed E-state index contributed by atoms with van der Waals surface area (Å²) >= 11 is 0. The molecule has 144 valence electrons. The summed E-state index contributed by atoms with van der Waals surface area (Å²) < 4.78 is 0. The van der Waals surface area contributed by atoms with Crippen molar-refractivity contribution in [2.45, 2.75) is 20.3 Å². The van der Waals surface area contributed by atoms with Gasteiger partial charge < -0.3 is 14.8 Å². The summed E-state index contributed by atoms with van der Waals surface area (Å²) in [6.07, 6.45) is 4.29. The average Bonchev–Trinajstić information content (AvgIpc) is 2.73. The molecule has 28 heavy (non-hydrogen) atoms. The summed E-state index contributed by atoms with van der Waals surface area (Å²) in [7, 11) is 0. The molecular weight excluding hydrogens is 354 g/mol. The van der Waals surface area contributed by atoms with Crippen molar-refractivity contribution >= 4 is 11.6 Å². The van der Waals surface area contributed by atoms with Gasteiger partial charge in [-0.25, -0.2) is 19.9 Å². The van der Waals surface area contributed by atoms with Crippen LogP contribution in [-0.2, 0) is 6.42 Å². The van der Waals surface area contributed by atoms with Crippen LogP contribution in [0.3, 0.4) is 0 Å². The topological polar surface area (TPSA) is 90.9 Å². The number of aromatic amines is 1. The standard InChI is InChI=1S/C20H23N7O/c1-3-16-12-19(28)25-20(24-16)15-4-5-17(22-13-15)26-8-10-27(11-9-26)18-6-7-21-14(2)23-18/h4-7,12-13H,3,8-11H2,1-2H3,(H,24,25,28). The average molecular weight is 377 g/mol. The minimum absolute atomic E-state index is 0.137. The largest absolute Gasteiger partial charge is 0.353 e. The number of nitrogens with one attached hydrogen (secondary N) is 1. The molecule has 1 fully saturated rings. The highest BCUT2D eigenvalue weighted by Gasteiger charge is 2.19. The number of rotatable bonds is 4. The second kappa shape index (κ2) is 7.75. The van der Waals surface area contributed by atoms with Crippen molar-refractivity contribution in [2.75, 3.05) is 36.0 Å². The second-order valence-electron chi connectivity index (χ2n) is 6.78. The molecule has 0 radical (unpaired) electrons. The number of hydrogen-bond acceptors (Lipinski definition) is 7. The van der Waals surface area contributed by atoms with Crippen LogP contribution in [0.4, 0.5) is 11.6 Å². The third kappa shape index (κ3) is 3.85. The number of nitrogens with zero attached hydrogens (tertiary/aromatic N) is 6. The van der Waals surface area contributed by atoms with Gasteiger partial charge in [0.15, 0.2) is 0 Å². The Morgan fingerprint density at radius 2 is 1.75 bits per heavy atom. The first-order chi connectivity index (χ1) is 13.6. The fraction of sp³-hybridized carbons (Fsp3) is 0.350. The van der Waals surface area contributed by atoms with E-state index in [9.17, 15) is 4.79 Å². The van der Waals surface area contributed by atoms with E-state index < -0.39 is 0 Å².